The fourth-order valence-corrected chi connectivity index (χ4v) is 1.92. The summed E-state index contributed by atoms with van der Waals surface area (Å²) in [5.41, 5.74) is 1.61. The summed E-state index contributed by atoms with van der Waals surface area (Å²) in [6.45, 7) is 8.35. The zero-order valence-electron chi connectivity index (χ0n) is 12.9. The molecule has 110 valence electrons. The normalized spacial score (nSPS) is 12.1. The van der Waals surface area contributed by atoms with E-state index < -0.39 is 6.04 Å². The molecule has 0 heterocycles. The Morgan fingerprint density at radius 2 is 1.95 bits per heavy atom. The van der Waals surface area contributed by atoms with Gasteiger partial charge in [0.1, 0.15) is 6.04 Å². The van der Waals surface area contributed by atoms with E-state index in [1.54, 1.807) is 18.0 Å². The molecule has 0 aliphatic carbocycles. The molecule has 0 aliphatic rings. The van der Waals surface area contributed by atoms with Crippen LogP contribution in [0, 0.1) is 12.8 Å². The second kappa shape index (κ2) is 7.08. The van der Waals surface area contributed by atoms with Crippen LogP contribution in [0.4, 0.5) is 0 Å². The first-order valence-electron chi connectivity index (χ1n) is 6.99. The Bertz CT molecular complexity index is 483. The molecule has 4 nitrogen and oxygen atoms in total. The Balaban J connectivity index is 2.86. The average Bonchev–Trinajstić information content (AvgIpc) is 2.42. The van der Waals surface area contributed by atoms with Crippen molar-refractivity contribution in [2.75, 3.05) is 13.6 Å². The maximum absolute atomic E-state index is 12.3. The number of aryl methyl sites for hydroxylation is 1. The number of benzene rings is 1. The van der Waals surface area contributed by atoms with Crippen LogP contribution in [0.1, 0.15) is 36.7 Å². The van der Waals surface area contributed by atoms with Crippen LogP contribution in [-0.2, 0) is 4.79 Å². The molecule has 0 bridgehead atoms. The summed E-state index contributed by atoms with van der Waals surface area (Å²) in [5, 5.41) is 2.84. The topological polar surface area (TPSA) is 49.4 Å². The van der Waals surface area contributed by atoms with E-state index in [0.717, 1.165) is 5.56 Å². The Kier molecular flexibility index (Phi) is 5.74. The molecule has 0 saturated heterocycles. The Labute approximate surface area is 121 Å². The summed E-state index contributed by atoms with van der Waals surface area (Å²) in [6.07, 6.45) is 0. The molecular weight excluding hydrogens is 252 g/mol. The highest BCUT2D eigenvalue weighted by molar-refractivity contribution is 5.97. The van der Waals surface area contributed by atoms with Crippen molar-refractivity contribution in [2.24, 2.45) is 5.92 Å². The number of amides is 2. The van der Waals surface area contributed by atoms with Crippen LogP contribution in [0.15, 0.2) is 24.3 Å². The van der Waals surface area contributed by atoms with Gasteiger partial charge in [-0.2, -0.15) is 0 Å². The number of likely N-dealkylation sites (N-methyl/N-ethyl adjacent to an activating group) is 1. The summed E-state index contributed by atoms with van der Waals surface area (Å²) >= 11 is 0. The van der Waals surface area contributed by atoms with Gasteiger partial charge in [0.2, 0.25) is 5.91 Å². The van der Waals surface area contributed by atoms with Gasteiger partial charge in [0.25, 0.3) is 5.91 Å². The van der Waals surface area contributed by atoms with Crippen LogP contribution in [0.5, 0.6) is 0 Å². The predicted octanol–water partition coefficient (Wildman–Crippen LogP) is 2.23. The molecule has 0 saturated carbocycles. The van der Waals surface area contributed by atoms with E-state index in [0.29, 0.717) is 12.1 Å². The first-order valence-corrected chi connectivity index (χ1v) is 6.99. The third kappa shape index (κ3) is 4.08. The van der Waals surface area contributed by atoms with Crippen LogP contribution in [0.2, 0.25) is 0 Å². The van der Waals surface area contributed by atoms with Crippen molar-refractivity contribution in [3.05, 3.63) is 35.4 Å². The predicted molar refractivity (Wildman–Crippen MR) is 80.6 cm³/mol. The highest BCUT2D eigenvalue weighted by Crippen LogP contribution is 2.09. The van der Waals surface area contributed by atoms with Gasteiger partial charge in [-0.15, -0.1) is 0 Å². The minimum atomic E-state index is -0.493. The highest BCUT2D eigenvalue weighted by Gasteiger charge is 2.26. The van der Waals surface area contributed by atoms with Crippen LogP contribution < -0.4 is 5.32 Å². The van der Waals surface area contributed by atoms with Gasteiger partial charge in [-0.3, -0.25) is 9.59 Å². The van der Waals surface area contributed by atoms with Gasteiger partial charge in [-0.05, 0) is 31.9 Å². The van der Waals surface area contributed by atoms with Gasteiger partial charge in [0, 0.05) is 19.2 Å². The van der Waals surface area contributed by atoms with Gasteiger partial charge in [0.05, 0.1) is 0 Å². The molecule has 0 radical (unpaired) electrons. The molecule has 4 heteroatoms. The van der Waals surface area contributed by atoms with Crippen molar-refractivity contribution >= 4 is 11.8 Å². The molecule has 0 spiro atoms. The van der Waals surface area contributed by atoms with E-state index in [1.165, 1.54) is 0 Å². The van der Waals surface area contributed by atoms with Crippen molar-refractivity contribution in [1.29, 1.82) is 0 Å². The summed E-state index contributed by atoms with van der Waals surface area (Å²) in [5.74, 6) is -0.209. The van der Waals surface area contributed by atoms with Gasteiger partial charge in [0.15, 0.2) is 0 Å². The Morgan fingerprint density at radius 3 is 2.45 bits per heavy atom. The van der Waals surface area contributed by atoms with Crippen LogP contribution in [0.3, 0.4) is 0 Å². The van der Waals surface area contributed by atoms with Crippen molar-refractivity contribution in [3.8, 4) is 0 Å². The molecule has 1 aromatic carbocycles. The lowest BCUT2D eigenvalue weighted by molar-refractivity contribution is -0.132. The number of hydrogen-bond acceptors (Lipinski definition) is 2. The van der Waals surface area contributed by atoms with E-state index in [1.807, 2.05) is 45.9 Å². The summed E-state index contributed by atoms with van der Waals surface area (Å²) in [7, 11) is 1.75. The molecule has 0 aromatic heterocycles. The van der Waals surface area contributed by atoms with Gasteiger partial charge in [-0.1, -0.05) is 31.5 Å². The quantitative estimate of drug-likeness (QED) is 0.896. The second-order valence-corrected chi connectivity index (χ2v) is 5.42. The van der Waals surface area contributed by atoms with E-state index >= 15 is 0 Å². The standard InChI is InChI=1S/C16H24N2O2/c1-6-18(5)16(20)14(11(2)3)17-15(19)13-9-7-8-12(4)10-13/h7-11,14H,6H2,1-5H3,(H,17,19). The first-order chi connectivity index (χ1) is 9.36. The van der Waals surface area contributed by atoms with E-state index in [-0.39, 0.29) is 17.7 Å². The SMILES string of the molecule is CCN(C)C(=O)C(NC(=O)c1cccc(C)c1)C(C)C. The smallest absolute Gasteiger partial charge is 0.251 e. The number of nitrogens with zero attached hydrogens (tertiary/aromatic N) is 1. The zero-order chi connectivity index (χ0) is 15.3. The largest absolute Gasteiger partial charge is 0.344 e. The van der Waals surface area contributed by atoms with E-state index in [2.05, 4.69) is 5.32 Å². The minimum Gasteiger partial charge on any atom is -0.344 e. The third-order valence-electron chi connectivity index (χ3n) is 3.35. The average molecular weight is 276 g/mol. The number of nitrogens with one attached hydrogen (secondary N) is 1. The van der Waals surface area contributed by atoms with Gasteiger partial charge in [-0.25, -0.2) is 0 Å². The lowest BCUT2D eigenvalue weighted by Crippen LogP contribution is -2.50. The molecule has 1 N–H and O–H groups in total. The third-order valence-corrected chi connectivity index (χ3v) is 3.35. The Hall–Kier alpha value is -1.84. The molecule has 20 heavy (non-hydrogen) atoms. The monoisotopic (exact) mass is 276 g/mol. The zero-order valence-corrected chi connectivity index (χ0v) is 12.9. The fourth-order valence-electron chi connectivity index (χ4n) is 1.92. The van der Waals surface area contributed by atoms with Crippen molar-refractivity contribution in [1.82, 2.24) is 10.2 Å². The number of hydrogen-bond donors (Lipinski definition) is 1. The Morgan fingerprint density at radius 1 is 1.30 bits per heavy atom. The van der Waals surface area contributed by atoms with Crippen molar-refractivity contribution in [3.63, 3.8) is 0 Å². The van der Waals surface area contributed by atoms with Crippen molar-refractivity contribution < 1.29 is 9.59 Å². The summed E-state index contributed by atoms with van der Waals surface area (Å²) < 4.78 is 0. The van der Waals surface area contributed by atoms with E-state index in [4.69, 9.17) is 0 Å². The number of carbonyl (C=O) groups excluding carboxylic acids is 2. The van der Waals surface area contributed by atoms with Crippen LogP contribution in [0.25, 0.3) is 0 Å². The minimum absolute atomic E-state index is 0.0465. The van der Waals surface area contributed by atoms with Crippen LogP contribution in [-0.4, -0.2) is 36.3 Å². The lowest BCUT2D eigenvalue weighted by Gasteiger charge is -2.26. The van der Waals surface area contributed by atoms with E-state index in [9.17, 15) is 9.59 Å². The lowest BCUT2D eigenvalue weighted by atomic mass is 10.0. The maximum atomic E-state index is 12.3. The maximum Gasteiger partial charge on any atom is 0.251 e. The van der Waals surface area contributed by atoms with Crippen molar-refractivity contribution in [2.45, 2.75) is 33.7 Å². The fraction of sp³-hybridized carbons (Fsp3) is 0.500. The molecule has 0 fully saturated rings. The number of carbonyl (C=O) groups is 2. The molecule has 1 rings (SSSR count). The van der Waals surface area contributed by atoms with Gasteiger partial charge >= 0.3 is 0 Å². The first kappa shape index (κ1) is 16.2. The molecule has 1 unspecified atom stereocenters. The number of rotatable bonds is 5. The van der Waals surface area contributed by atoms with Crippen LogP contribution >= 0.6 is 0 Å². The molecule has 1 aromatic rings. The summed E-state index contributed by atoms with van der Waals surface area (Å²) in [4.78, 5) is 26.1. The summed E-state index contributed by atoms with van der Waals surface area (Å²) in [6, 6.07) is 6.86. The highest BCUT2D eigenvalue weighted by atomic mass is 16.2. The molecule has 1 atom stereocenters. The molecular formula is C16H24N2O2. The van der Waals surface area contributed by atoms with Gasteiger partial charge < -0.3 is 10.2 Å². The molecule has 2 amide bonds. The molecule has 0 aliphatic heterocycles. The second-order valence-electron chi connectivity index (χ2n) is 5.42.